The Balaban J connectivity index is 0.000000172. The van der Waals surface area contributed by atoms with Crippen molar-refractivity contribution in [3.63, 3.8) is 0 Å². The molecule has 1 aromatic rings. The number of carbonyl (C=O) groups is 1. The summed E-state index contributed by atoms with van der Waals surface area (Å²) in [7, 11) is 0. The first kappa shape index (κ1) is 16.4. The molecule has 2 aliphatic rings. The zero-order valence-corrected chi connectivity index (χ0v) is 12.3. The van der Waals surface area contributed by atoms with Gasteiger partial charge in [-0.2, -0.15) is 0 Å². The number of nitrogens with zero attached hydrogens (tertiary/aromatic N) is 2. The van der Waals surface area contributed by atoms with Gasteiger partial charge in [-0.3, -0.25) is 4.79 Å². The summed E-state index contributed by atoms with van der Waals surface area (Å²) in [6, 6.07) is 3.42. The fraction of sp³-hybridized carbons (Fsp3) is 0.467. The van der Waals surface area contributed by atoms with Gasteiger partial charge in [0.05, 0.1) is 18.9 Å². The molecule has 5 nitrogen and oxygen atoms in total. The molecule has 22 heavy (non-hydrogen) atoms. The lowest BCUT2D eigenvalue weighted by molar-refractivity contribution is -0.132. The molecule has 120 valence electrons. The maximum Gasteiger partial charge on any atom is 0.219 e. The number of morpholine rings is 1. The van der Waals surface area contributed by atoms with Crippen LogP contribution in [-0.4, -0.2) is 49.4 Å². The lowest BCUT2D eigenvalue weighted by Crippen LogP contribution is -2.39. The van der Waals surface area contributed by atoms with E-state index < -0.39 is 11.6 Å². The highest BCUT2D eigenvalue weighted by atomic mass is 19.1. The minimum absolute atomic E-state index is 0.151. The molecule has 0 unspecified atom stereocenters. The van der Waals surface area contributed by atoms with Crippen molar-refractivity contribution < 1.29 is 23.1 Å². The van der Waals surface area contributed by atoms with Crippen molar-refractivity contribution in [2.24, 2.45) is 5.16 Å². The first-order chi connectivity index (χ1) is 10.6. The van der Waals surface area contributed by atoms with E-state index in [2.05, 4.69) is 5.16 Å². The van der Waals surface area contributed by atoms with Crippen LogP contribution in [0.2, 0.25) is 0 Å². The Morgan fingerprint density at radius 2 is 1.95 bits per heavy atom. The maximum atomic E-state index is 13.1. The van der Waals surface area contributed by atoms with Crippen LogP contribution in [0.5, 0.6) is 0 Å². The number of ether oxygens (including phenoxy) is 1. The second-order valence-electron chi connectivity index (χ2n) is 4.86. The first-order valence-corrected chi connectivity index (χ1v) is 7.05. The summed E-state index contributed by atoms with van der Waals surface area (Å²) in [4.78, 5) is 17.2. The summed E-state index contributed by atoms with van der Waals surface area (Å²) >= 11 is 0. The van der Waals surface area contributed by atoms with E-state index >= 15 is 0 Å². The summed E-state index contributed by atoms with van der Waals surface area (Å²) in [5, 5.41) is 3.65. The molecule has 1 saturated heterocycles. The van der Waals surface area contributed by atoms with E-state index in [1.54, 1.807) is 11.8 Å². The minimum atomic E-state index is -0.593. The highest BCUT2D eigenvalue weighted by molar-refractivity contribution is 6.01. The Morgan fingerprint density at radius 1 is 1.23 bits per heavy atom. The second kappa shape index (κ2) is 7.84. The molecule has 1 fully saturated rings. The van der Waals surface area contributed by atoms with Gasteiger partial charge in [0.2, 0.25) is 5.91 Å². The zero-order chi connectivity index (χ0) is 15.9. The van der Waals surface area contributed by atoms with Crippen molar-refractivity contribution in [3.8, 4) is 0 Å². The minimum Gasteiger partial charge on any atom is -0.395 e. The van der Waals surface area contributed by atoms with Crippen molar-refractivity contribution in [2.75, 3.05) is 32.9 Å². The SMILES string of the molecule is CC(=O)N1CCOCC1.Fc1ccc(C2=NOCC2)c(F)c1. The van der Waals surface area contributed by atoms with Crippen LogP contribution in [-0.2, 0) is 14.4 Å². The molecule has 1 aromatic carbocycles. The van der Waals surface area contributed by atoms with E-state index in [4.69, 9.17) is 9.57 Å². The topological polar surface area (TPSA) is 51.1 Å². The predicted molar refractivity (Wildman–Crippen MR) is 76.5 cm³/mol. The Kier molecular flexibility index (Phi) is 5.83. The van der Waals surface area contributed by atoms with Crippen LogP contribution in [0.25, 0.3) is 0 Å². The standard InChI is InChI=1S/C9H7F2NO.C6H11NO2/c10-6-1-2-7(8(11)5-6)9-3-4-13-12-9;1-6(8)7-2-4-9-5-3-7/h1-2,5H,3-4H2;2-5H2,1H3. The van der Waals surface area contributed by atoms with Crippen molar-refractivity contribution in [3.05, 3.63) is 35.4 Å². The first-order valence-electron chi connectivity index (χ1n) is 7.05. The van der Waals surface area contributed by atoms with Gasteiger partial charge in [-0.15, -0.1) is 0 Å². The monoisotopic (exact) mass is 312 g/mol. The Labute approximate surface area is 127 Å². The molecule has 0 aromatic heterocycles. The van der Waals surface area contributed by atoms with Crippen LogP contribution in [0.4, 0.5) is 8.78 Å². The van der Waals surface area contributed by atoms with Crippen LogP contribution in [0.15, 0.2) is 23.4 Å². The smallest absolute Gasteiger partial charge is 0.219 e. The van der Waals surface area contributed by atoms with Crippen molar-refractivity contribution >= 4 is 11.6 Å². The number of carbonyl (C=O) groups excluding carboxylic acids is 1. The van der Waals surface area contributed by atoms with E-state index in [0.717, 1.165) is 19.2 Å². The molecular weight excluding hydrogens is 294 g/mol. The molecule has 0 atom stereocenters. The van der Waals surface area contributed by atoms with Crippen LogP contribution in [0.3, 0.4) is 0 Å². The lowest BCUT2D eigenvalue weighted by atomic mass is 10.1. The van der Waals surface area contributed by atoms with Crippen LogP contribution in [0.1, 0.15) is 18.9 Å². The molecule has 2 aliphatic heterocycles. The predicted octanol–water partition coefficient (Wildman–Crippen LogP) is 1.95. The van der Waals surface area contributed by atoms with Gasteiger partial charge in [0.25, 0.3) is 0 Å². The molecule has 0 N–H and O–H groups in total. The second-order valence-corrected chi connectivity index (χ2v) is 4.86. The number of halogens is 2. The van der Waals surface area contributed by atoms with E-state index in [9.17, 15) is 13.6 Å². The highest BCUT2D eigenvalue weighted by Gasteiger charge is 2.15. The van der Waals surface area contributed by atoms with Gasteiger partial charge in [0.15, 0.2) is 0 Å². The Morgan fingerprint density at radius 3 is 2.45 bits per heavy atom. The number of amides is 1. The normalized spacial score (nSPS) is 17.2. The summed E-state index contributed by atoms with van der Waals surface area (Å²) in [5.41, 5.74) is 0.858. The van der Waals surface area contributed by atoms with Crippen LogP contribution in [0, 0.1) is 11.6 Å². The van der Waals surface area contributed by atoms with E-state index in [0.29, 0.717) is 37.5 Å². The Bertz CT molecular complexity index is 558. The van der Waals surface area contributed by atoms with Gasteiger partial charge in [-0.05, 0) is 12.1 Å². The average Bonchev–Trinajstić information content (AvgIpc) is 3.03. The largest absolute Gasteiger partial charge is 0.395 e. The quantitative estimate of drug-likeness (QED) is 0.796. The average molecular weight is 312 g/mol. The van der Waals surface area contributed by atoms with Crippen molar-refractivity contribution in [1.29, 1.82) is 0 Å². The van der Waals surface area contributed by atoms with Gasteiger partial charge in [0, 0.05) is 38.1 Å². The van der Waals surface area contributed by atoms with Crippen LogP contribution >= 0.6 is 0 Å². The zero-order valence-electron chi connectivity index (χ0n) is 12.3. The number of hydrogen-bond donors (Lipinski definition) is 0. The molecule has 0 saturated carbocycles. The third-order valence-corrected chi connectivity index (χ3v) is 3.30. The molecule has 1 amide bonds. The van der Waals surface area contributed by atoms with Gasteiger partial charge in [-0.25, -0.2) is 8.78 Å². The lowest BCUT2D eigenvalue weighted by Gasteiger charge is -2.25. The molecular formula is C15H18F2N2O3. The fourth-order valence-electron chi connectivity index (χ4n) is 2.10. The number of hydrogen-bond acceptors (Lipinski definition) is 4. The summed E-state index contributed by atoms with van der Waals surface area (Å²) in [5.74, 6) is -1.02. The van der Waals surface area contributed by atoms with E-state index in [1.165, 1.54) is 12.1 Å². The highest BCUT2D eigenvalue weighted by Crippen LogP contribution is 2.15. The molecule has 7 heteroatoms. The molecule has 0 bridgehead atoms. The molecule has 3 rings (SSSR count). The molecule has 0 radical (unpaired) electrons. The van der Waals surface area contributed by atoms with Gasteiger partial charge in [-0.1, -0.05) is 5.16 Å². The fourth-order valence-corrected chi connectivity index (χ4v) is 2.10. The van der Waals surface area contributed by atoms with Crippen molar-refractivity contribution in [2.45, 2.75) is 13.3 Å². The number of oxime groups is 1. The van der Waals surface area contributed by atoms with Gasteiger partial charge in [0.1, 0.15) is 18.2 Å². The molecule has 2 heterocycles. The summed E-state index contributed by atoms with van der Waals surface area (Å²) < 4.78 is 30.7. The number of rotatable bonds is 1. The number of benzene rings is 1. The molecule has 0 aliphatic carbocycles. The van der Waals surface area contributed by atoms with Crippen molar-refractivity contribution in [1.82, 2.24) is 4.90 Å². The van der Waals surface area contributed by atoms with Gasteiger partial charge < -0.3 is 14.5 Å². The molecule has 0 spiro atoms. The third-order valence-electron chi connectivity index (χ3n) is 3.30. The summed E-state index contributed by atoms with van der Waals surface area (Å²) in [6.45, 7) is 4.96. The Hall–Kier alpha value is -2.02. The van der Waals surface area contributed by atoms with Crippen LogP contribution < -0.4 is 0 Å². The van der Waals surface area contributed by atoms with E-state index in [-0.39, 0.29) is 5.91 Å². The van der Waals surface area contributed by atoms with E-state index in [1.807, 2.05) is 0 Å². The van der Waals surface area contributed by atoms with Gasteiger partial charge >= 0.3 is 0 Å². The maximum absolute atomic E-state index is 13.1. The third kappa shape index (κ3) is 4.49. The summed E-state index contributed by atoms with van der Waals surface area (Å²) in [6.07, 6.45) is 0.572.